The first-order valence-corrected chi connectivity index (χ1v) is 8.76. The number of halogens is 3. The summed E-state index contributed by atoms with van der Waals surface area (Å²) in [6, 6.07) is 10.6. The number of nitrogens with zero attached hydrogens (tertiary/aromatic N) is 4. The van der Waals surface area contributed by atoms with Crippen LogP contribution >= 0.6 is 0 Å². The zero-order valence-electron chi connectivity index (χ0n) is 14.8. The lowest BCUT2D eigenvalue weighted by molar-refractivity contribution is -0.159. The third kappa shape index (κ3) is 4.30. The molecule has 1 aromatic carbocycles. The maximum Gasteiger partial charge on any atom is 0.471 e. The third-order valence-corrected chi connectivity index (χ3v) is 4.42. The number of rotatable bonds is 5. The van der Waals surface area contributed by atoms with Crippen LogP contribution in [-0.2, 0) is 12.7 Å². The summed E-state index contributed by atoms with van der Waals surface area (Å²) < 4.78 is 48.2. The average Bonchev–Trinajstić information content (AvgIpc) is 3.32. The zero-order chi connectivity index (χ0) is 19.6. The SMILES string of the molecule is FC(F)(F)c1nc(-c2cccc(O[C@H]3CCN(Cc4cccnc4)C3)c2)no1. The Morgan fingerprint density at radius 2 is 2.11 bits per heavy atom. The predicted octanol–water partition coefficient (Wildman–Crippen LogP) is 3.80. The van der Waals surface area contributed by atoms with Gasteiger partial charge < -0.3 is 9.26 Å². The van der Waals surface area contributed by atoms with Crippen LogP contribution in [0.1, 0.15) is 17.9 Å². The predicted molar refractivity (Wildman–Crippen MR) is 93.3 cm³/mol. The van der Waals surface area contributed by atoms with Crippen molar-refractivity contribution in [3.63, 3.8) is 0 Å². The highest BCUT2D eigenvalue weighted by atomic mass is 19.4. The van der Waals surface area contributed by atoms with E-state index in [2.05, 4.69) is 24.5 Å². The molecule has 1 aliphatic rings. The first-order chi connectivity index (χ1) is 13.5. The fourth-order valence-corrected chi connectivity index (χ4v) is 3.14. The number of pyridine rings is 1. The van der Waals surface area contributed by atoms with Crippen molar-refractivity contribution in [1.29, 1.82) is 0 Å². The van der Waals surface area contributed by atoms with Gasteiger partial charge in [0, 0.05) is 37.6 Å². The van der Waals surface area contributed by atoms with E-state index in [1.807, 2.05) is 18.3 Å². The minimum absolute atomic E-state index is 0.00271. The highest BCUT2D eigenvalue weighted by molar-refractivity contribution is 5.56. The summed E-state index contributed by atoms with van der Waals surface area (Å²) in [4.78, 5) is 9.81. The zero-order valence-corrected chi connectivity index (χ0v) is 14.8. The van der Waals surface area contributed by atoms with E-state index in [-0.39, 0.29) is 11.9 Å². The smallest absolute Gasteiger partial charge is 0.471 e. The number of hydrogen-bond donors (Lipinski definition) is 0. The molecule has 28 heavy (non-hydrogen) atoms. The Hall–Kier alpha value is -2.94. The minimum Gasteiger partial charge on any atom is -0.489 e. The van der Waals surface area contributed by atoms with Crippen molar-refractivity contribution in [2.45, 2.75) is 25.2 Å². The Labute approximate surface area is 159 Å². The summed E-state index contributed by atoms with van der Waals surface area (Å²) in [6.45, 7) is 2.47. The van der Waals surface area contributed by atoms with Crippen molar-refractivity contribution < 1.29 is 22.4 Å². The van der Waals surface area contributed by atoms with Crippen molar-refractivity contribution >= 4 is 0 Å². The average molecular weight is 390 g/mol. The van der Waals surface area contributed by atoms with Crippen molar-refractivity contribution in [2.75, 3.05) is 13.1 Å². The van der Waals surface area contributed by atoms with E-state index < -0.39 is 12.1 Å². The molecule has 0 radical (unpaired) electrons. The van der Waals surface area contributed by atoms with E-state index in [1.165, 1.54) is 0 Å². The molecule has 1 aliphatic heterocycles. The topological polar surface area (TPSA) is 64.3 Å². The first kappa shape index (κ1) is 18.4. The monoisotopic (exact) mass is 390 g/mol. The number of aromatic nitrogens is 3. The minimum atomic E-state index is -4.67. The molecule has 0 spiro atoms. The summed E-state index contributed by atoms with van der Waals surface area (Å²) in [5.41, 5.74) is 1.55. The van der Waals surface area contributed by atoms with Crippen LogP contribution in [0.2, 0.25) is 0 Å². The Morgan fingerprint density at radius 3 is 2.86 bits per heavy atom. The van der Waals surface area contributed by atoms with Crippen LogP contribution in [0.3, 0.4) is 0 Å². The molecule has 1 atom stereocenters. The van der Waals surface area contributed by atoms with Crippen molar-refractivity contribution in [3.05, 3.63) is 60.2 Å². The Balaban J connectivity index is 1.39. The van der Waals surface area contributed by atoms with Gasteiger partial charge in [0.1, 0.15) is 11.9 Å². The van der Waals surface area contributed by atoms with Gasteiger partial charge in [0.25, 0.3) is 0 Å². The molecule has 0 unspecified atom stereocenters. The number of hydrogen-bond acceptors (Lipinski definition) is 6. The second-order valence-corrected chi connectivity index (χ2v) is 6.57. The quantitative estimate of drug-likeness (QED) is 0.660. The largest absolute Gasteiger partial charge is 0.489 e. The van der Waals surface area contributed by atoms with Crippen LogP contribution in [0.5, 0.6) is 5.75 Å². The van der Waals surface area contributed by atoms with E-state index in [0.717, 1.165) is 31.6 Å². The van der Waals surface area contributed by atoms with Crippen LogP contribution < -0.4 is 4.74 Å². The van der Waals surface area contributed by atoms with E-state index in [4.69, 9.17) is 4.74 Å². The standard InChI is InChI=1S/C19H17F3N4O2/c20-19(21,22)18-24-17(25-28-18)14-4-1-5-15(9-14)27-16-6-8-26(12-16)11-13-3-2-7-23-10-13/h1-5,7,9-10,16H,6,8,11-12H2/t16-/m0/s1. The van der Waals surface area contributed by atoms with Gasteiger partial charge in [-0.3, -0.25) is 9.88 Å². The molecule has 146 valence electrons. The molecular weight excluding hydrogens is 373 g/mol. The van der Waals surface area contributed by atoms with Gasteiger partial charge in [0.2, 0.25) is 5.82 Å². The molecule has 4 rings (SSSR count). The molecule has 9 heteroatoms. The first-order valence-electron chi connectivity index (χ1n) is 8.76. The maximum absolute atomic E-state index is 12.6. The lowest BCUT2D eigenvalue weighted by atomic mass is 10.2. The van der Waals surface area contributed by atoms with E-state index in [9.17, 15) is 13.2 Å². The normalized spacial score (nSPS) is 17.8. The van der Waals surface area contributed by atoms with Gasteiger partial charge in [0.05, 0.1) is 0 Å². The molecule has 3 aromatic rings. The summed E-state index contributed by atoms with van der Waals surface area (Å²) in [6.07, 6.45) is -0.208. The summed E-state index contributed by atoms with van der Waals surface area (Å²) >= 11 is 0. The van der Waals surface area contributed by atoms with Crippen LogP contribution in [0.25, 0.3) is 11.4 Å². The number of ether oxygens (including phenoxy) is 1. The number of alkyl halides is 3. The lowest BCUT2D eigenvalue weighted by Gasteiger charge is -2.17. The molecule has 0 N–H and O–H groups in total. The Bertz CT molecular complexity index is 930. The van der Waals surface area contributed by atoms with Gasteiger partial charge in [-0.2, -0.15) is 18.2 Å². The molecule has 0 saturated carbocycles. The van der Waals surface area contributed by atoms with Crippen LogP contribution in [-0.4, -0.2) is 39.2 Å². The second kappa shape index (κ2) is 7.59. The molecule has 0 amide bonds. The van der Waals surface area contributed by atoms with Gasteiger partial charge in [-0.15, -0.1) is 0 Å². The van der Waals surface area contributed by atoms with E-state index in [1.54, 1.807) is 30.5 Å². The van der Waals surface area contributed by atoms with E-state index in [0.29, 0.717) is 11.3 Å². The molecule has 1 saturated heterocycles. The van der Waals surface area contributed by atoms with Gasteiger partial charge in [-0.05, 0) is 30.2 Å². The van der Waals surface area contributed by atoms with Crippen LogP contribution in [0.4, 0.5) is 13.2 Å². The fourth-order valence-electron chi connectivity index (χ4n) is 3.14. The van der Waals surface area contributed by atoms with E-state index >= 15 is 0 Å². The summed E-state index contributed by atoms with van der Waals surface area (Å²) in [5, 5.41) is 3.41. The lowest BCUT2D eigenvalue weighted by Crippen LogP contribution is -2.24. The fraction of sp³-hybridized carbons (Fsp3) is 0.316. The molecular formula is C19H17F3N4O2. The van der Waals surface area contributed by atoms with Gasteiger partial charge >= 0.3 is 12.1 Å². The van der Waals surface area contributed by atoms with Crippen LogP contribution in [0.15, 0.2) is 53.3 Å². The number of benzene rings is 1. The molecule has 6 nitrogen and oxygen atoms in total. The van der Waals surface area contributed by atoms with Crippen LogP contribution in [0, 0.1) is 0 Å². The molecule has 0 bridgehead atoms. The van der Waals surface area contributed by atoms with Gasteiger partial charge in [-0.25, -0.2) is 0 Å². The Morgan fingerprint density at radius 1 is 1.21 bits per heavy atom. The highest BCUT2D eigenvalue weighted by Crippen LogP contribution is 2.30. The summed E-state index contributed by atoms with van der Waals surface area (Å²) in [7, 11) is 0. The van der Waals surface area contributed by atoms with Crippen molar-refractivity contribution in [1.82, 2.24) is 20.0 Å². The number of likely N-dealkylation sites (tertiary alicyclic amines) is 1. The third-order valence-electron chi connectivity index (χ3n) is 4.42. The molecule has 1 fully saturated rings. The summed E-state index contributed by atoms with van der Waals surface area (Å²) in [5.74, 6) is -0.929. The van der Waals surface area contributed by atoms with Crippen molar-refractivity contribution in [3.8, 4) is 17.1 Å². The van der Waals surface area contributed by atoms with Crippen molar-refractivity contribution in [2.24, 2.45) is 0 Å². The van der Waals surface area contributed by atoms with Gasteiger partial charge in [-0.1, -0.05) is 23.4 Å². The highest BCUT2D eigenvalue weighted by Gasteiger charge is 2.38. The van der Waals surface area contributed by atoms with Gasteiger partial charge in [0.15, 0.2) is 0 Å². The maximum atomic E-state index is 12.6. The molecule has 0 aliphatic carbocycles. The second-order valence-electron chi connectivity index (χ2n) is 6.57. The Kier molecular flexibility index (Phi) is 4.99. The molecule has 2 aromatic heterocycles. The molecule has 3 heterocycles.